The van der Waals surface area contributed by atoms with E-state index < -0.39 is 12.1 Å². The minimum atomic E-state index is -0.925. The van der Waals surface area contributed by atoms with E-state index in [9.17, 15) is 14.7 Å². The number of hydrogen-bond acceptors (Lipinski definition) is 3. The standard InChI is InChI=1S/C22H27NO3/c1-16(15-19-11-7-4-8-12-19)22(26)23-21(17(2)24)20(25)14-13-18-9-5-3-6-10-18/h3-12,16-17,21,24H,13-15H2,1-2H3,(H,23,26)/t16-,17+,21-/m0/s1. The summed E-state index contributed by atoms with van der Waals surface area (Å²) in [6.07, 6.45) is 0.550. The Balaban J connectivity index is 1.91. The van der Waals surface area contributed by atoms with Gasteiger partial charge in [0.15, 0.2) is 5.78 Å². The molecule has 3 atom stereocenters. The molecule has 2 N–H and O–H groups in total. The van der Waals surface area contributed by atoms with E-state index in [0.717, 1.165) is 11.1 Å². The van der Waals surface area contributed by atoms with Gasteiger partial charge in [0.2, 0.25) is 5.91 Å². The number of amides is 1. The Morgan fingerprint density at radius 3 is 2.00 bits per heavy atom. The van der Waals surface area contributed by atoms with Crippen LogP contribution in [0.3, 0.4) is 0 Å². The van der Waals surface area contributed by atoms with Crippen LogP contribution < -0.4 is 5.32 Å². The summed E-state index contributed by atoms with van der Waals surface area (Å²) in [4.78, 5) is 25.0. The number of carbonyl (C=O) groups excluding carboxylic acids is 2. The van der Waals surface area contributed by atoms with Gasteiger partial charge in [-0.25, -0.2) is 0 Å². The lowest BCUT2D eigenvalue weighted by molar-refractivity contribution is -0.132. The van der Waals surface area contributed by atoms with Gasteiger partial charge >= 0.3 is 0 Å². The summed E-state index contributed by atoms with van der Waals surface area (Å²) >= 11 is 0. The molecule has 0 aliphatic rings. The molecule has 2 rings (SSSR count). The van der Waals surface area contributed by atoms with Crippen molar-refractivity contribution in [3.8, 4) is 0 Å². The third kappa shape index (κ3) is 6.12. The van der Waals surface area contributed by atoms with Crippen molar-refractivity contribution in [2.45, 2.75) is 45.3 Å². The molecule has 0 saturated heterocycles. The van der Waals surface area contributed by atoms with Crippen LogP contribution in [0.4, 0.5) is 0 Å². The van der Waals surface area contributed by atoms with Gasteiger partial charge in [-0.3, -0.25) is 9.59 Å². The Hall–Kier alpha value is -2.46. The predicted octanol–water partition coefficient (Wildman–Crippen LogP) is 2.93. The van der Waals surface area contributed by atoms with Gasteiger partial charge in [0.25, 0.3) is 0 Å². The van der Waals surface area contributed by atoms with Gasteiger partial charge in [0.1, 0.15) is 6.04 Å². The van der Waals surface area contributed by atoms with Crippen LogP contribution >= 0.6 is 0 Å². The molecule has 1 amide bonds. The predicted molar refractivity (Wildman–Crippen MR) is 103 cm³/mol. The van der Waals surface area contributed by atoms with Gasteiger partial charge in [0.05, 0.1) is 6.10 Å². The second-order valence-corrected chi connectivity index (χ2v) is 6.77. The fourth-order valence-electron chi connectivity index (χ4n) is 2.89. The van der Waals surface area contributed by atoms with Crippen LogP contribution in [0.5, 0.6) is 0 Å². The van der Waals surface area contributed by atoms with Crippen molar-refractivity contribution in [2.24, 2.45) is 5.92 Å². The number of aliphatic hydroxyl groups excluding tert-OH is 1. The van der Waals surface area contributed by atoms with Crippen molar-refractivity contribution in [3.63, 3.8) is 0 Å². The molecule has 138 valence electrons. The van der Waals surface area contributed by atoms with Gasteiger partial charge in [-0.15, -0.1) is 0 Å². The van der Waals surface area contributed by atoms with Crippen molar-refractivity contribution in [3.05, 3.63) is 71.8 Å². The van der Waals surface area contributed by atoms with Crippen LogP contribution in [-0.4, -0.2) is 28.9 Å². The van der Waals surface area contributed by atoms with Gasteiger partial charge in [-0.2, -0.15) is 0 Å². The first-order valence-corrected chi connectivity index (χ1v) is 9.06. The number of hydrogen-bond donors (Lipinski definition) is 2. The maximum Gasteiger partial charge on any atom is 0.223 e. The molecular formula is C22H27NO3. The summed E-state index contributed by atoms with van der Waals surface area (Å²) < 4.78 is 0. The molecule has 0 spiro atoms. The maximum absolute atomic E-state index is 12.5. The highest BCUT2D eigenvalue weighted by molar-refractivity contribution is 5.90. The number of aliphatic hydroxyl groups is 1. The Morgan fingerprint density at radius 1 is 0.923 bits per heavy atom. The molecule has 0 aliphatic carbocycles. The number of benzene rings is 2. The first kappa shape index (κ1) is 19.9. The first-order valence-electron chi connectivity index (χ1n) is 9.06. The Labute approximate surface area is 155 Å². The second kappa shape index (κ2) is 9.88. The van der Waals surface area contributed by atoms with Crippen LogP contribution in [0.25, 0.3) is 0 Å². The quantitative estimate of drug-likeness (QED) is 0.728. The van der Waals surface area contributed by atoms with E-state index in [1.807, 2.05) is 67.6 Å². The summed E-state index contributed by atoms with van der Waals surface area (Å²) in [5.74, 6) is -0.641. The lowest BCUT2D eigenvalue weighted by atomic mass is 9.97. The highest BCUT2D eigenvalue weighted by atomic mass is 16.3. The molecule has 4 heteroatoms. The third-order valence-corrected chi connectivity index (χ3v) is 4.46. The number of carbonyl (C=O) groups is 2. The summed E-state index contributed by atoms with van der Waals surface area (Å²) in [5, 5.41) is 12.7. The maximum atomic E-state index is 12.5. The molecule has 0 radical (unpaired) electrons. The fraction of sp³-hybridized carbons (Fsp3) is 0.364. The fourth-order valence-corrected chi connectivity index (χ4v) is 2.89. The zero-order valence-corrected chi connectivity index (χ0v) is 15.4. The van der Waals surface area contributed by atoms with Crippen molar-refractivity contribution in [2.75, 3.05) is 0 Å². The number of rotatable bonds is 9. The zero-order valence-electron chi connectivity index (χ0n) is 15.4. The molecular weight excluding hydrogens is 326 g/mol. The topological polar surface area (TPSA) is 66.4 Å². The molecule has 2 aromatic carbocycles. The van der Waals surface area contributed by atoms with Crippen molar-refractivity contribution in [1.29, 1.82) is 0 Å². The van der Waals surface area contributed by atoms with Crippen molar-refractivity contribution >= 4 is 11.7 Å². The Morgan fingerprint density at radius 2 is 1.46 bits per heavy atom. The average Bonchev–Trinajstić information content (AvgIpc) is 2.65. The lowest BCUT2D eigenvalue weighted by Gasteiger charge is -2.22. The first-order chi connectivity index (χ1) is 12.5. The van der Waals surface area contributed by atoms with Crippen molar-refractivity contribution < 1.29 is 14.7 Å². The van der Waals surface area contributed by atoms with Crippen LogP contribution in [0.1, 0.15) is 31.4 Å². The summed E-state index contributed by atoms with van der Waals surface area (Å²) in [5.41, 5.74) is 2.13. The number of aryl methyl sites for hydroxylation is 1. The van der Waals surface area contributed by atoms with Crippen LogP contribution in [0.15, 0.2) is 60.7 Å². The van der Waals surface area contributed by atoms with Crippen LogP contribution in [0, 0.1) is 5.92 Å². The average molecular weight is 353 g/mol. The molecule has 0 fully saturated rings. The second-order valence-electron chi connectivity index (χ2n) is 6.77. The van der Waals surface area contributed by atoms with E-state index in [-0.39, 0.29) is 24.0 Å². The lowest BCUT2D eigenvalue weighted by Crippen LogP contribution is -2.49. The molecule has 2 aromatic rings. The summed E-state index contributed by atoms with van der Waals surface area (Å²) in [6.45, 7) is 3.36. The van der Waals surface area contributed by atoms with Crippen molar-refractivity contribution in [1.82, 2.24) is 5.32 Å². The molecule has 0 aliphatic heterocycles. The molecule has 0 heterocycles. The van der Waals surface area contributed by atoms with E-state index in [4.69, 9.17) is 0 Å². The van der Waals surface area contributed by atoms with Gasteiger partial charge < -0.3 is 10.4 Å². The van der Waals surface area contributed by atoms with E-state index in [1.165, 1.54) is 6.92 Å². The summed E-state index contributed by atoms with van der Waals surface area (Å²) in [6, 6.07) is 18.6. The van der Waals surface area contributed by atoms with Gasteiger partial charge in [-0.05, 0) is 30.9 Å². The highest BCUT2D eigenvalue weighted by Gasteiger charge is 2.27. The Kier molecular flexibility index (Phi) is 7.54. The van der Waals surface area contributed by atoms with E-state index in [0.29, 0.717) is 12.8 Å². The van der Waals surface area contributed by atoms with E-state index >= 15 is 0 Å². The molecule has 0 saturated carbocycles. The number of Topliss-reactive ketones (excluding diaryl/α,β-unsaturated/α-hetero) is 1. The van der Waals surface area contributed by atoms with E-state index in [2.05, 4.69) is 5.32 Å². The normalized spacial score (nSPS) is 14.3. The Bertz CT molecular complexity index is 698. The number of ketones is 1. The molecule has 0 unspecified atom stereocenters. The van der Waals surface area contributed by atoms with Gasteiger partial charge in [0, 0.05) is 12.3 Å². The number of nitrogens with one attached hydrogen (secondary N) is 1. The highest BCUT2D eigenvalue weighted by Crippen LogP contribution is 2.11. The van der Waals surface area contributed by atoms with E-state index in [1.54, 1.807) is 0 Å². The third-order valence-electron chi connectivity index (χ3n) is 4.46. The molecule has 0 aromatic heterocycles. The monoisotopic (exact) mass is 353 g/mol. The minimum Gasteiger partial charge on any atom is -0.391 e. The zero-order chi connectivity index (χ0) is 18.9. The summed E-state index contributed by atoms with van der Waals surface area (Å²) in [7, 11) is 0. The SMILES string of the molecule is C[C@@H](Cc1ccccc1)C(=O)N[C@H](C(=O)CCc1ccccc1)[C@@H](C)O. The van der Waals surface area contributed by atoms with Crippen LogP contribution in [0.2, 0.25) is 0 Å². The van der Waals surface area contributed by atoms with Gasteiger partial charge in [-0.1, -0.05) is 67.6 Å². The minimum absolute atomic E-state index is 0.149. The smallest absolute Gasteiger partial charge is 0.223 e. The molecule has 26 heavy (non-hydrogen) atoms. The largest absolute Gasteiger partial charge is 0.391 e. The van der Waals surface area contributed by atoms with Crippen LogP contribution in [-0.2, 0) is 22.4 Å². The molecule has 0 bridgehead atoms. The molecule has 4 nitrogen and oxygen atoms in total.